The molecule has 0 aliphatic rings. The van der Waals surface area contributed by atoms with Gasteiger partial charge in [0.05, 0.1) is 17.7 Å². The van der Waals surface area contributed by atoms with Crippen LogP contribution in [0.5, 0.6) is 0 Å². The van der Waals surface area contributed by atoms with Gasteiger partial charge in [-0.25, -0.2) is 4.98 Å². The number of carboxylic acid groups (broad SMARTS) is 1. The van der Waals surface area contributed by atoms with E-state index in [1.165, 1.54) is 6.92 Å². The summed E-state index contributed by atoms with van der Waals surface area (Å²) in [6, 6.07) is 0. The Morgan fingerprint density at radius 1 is 1.42 bits per heavy atom. The number of nitrogens with one attached hydrogen (secondary N) is 1. The van der Waals surface area contributed by atoms with Crippen molar-refractivity contribution in [2.45, 2.75) is 19.5 Å². The number of H-pyrrole nitrogens is 1. The van der Waals surface area contributed by atoms with Gasteiger partial charge in [-0.15, -0.1) is 0 Å². The quantitative estimate of drug-likeness (QED) is 0.825. The largest absolute Gasteiger partial charge is 0.481 e. The monoisotopic (exact) mass is 276 g/mol. The van der Waals surface area contributed by atoms with Gasteiger partial charge in [0, 0.05) is 0 Å². The van der Waals surface area contributed by atoms with Gasteiger partial charge in [-0.05, 0) is 6.92 Å². The first-order chi connectivity index (χ1) is 8.70. The Morgan fingerprint density at radius 2 is 2.05 bits per heavy atom. The third kappa shape index (κ3) is 2.28. The molecule has 0 aliphatic heterocycles. The number of halogens is 3. The smallest absolute Gasteiger partial charge is 0.451 e. The molecule has 0 saturated heterocycles. The van der Waals surface area contributed by atoms with Gasteiger partial charge in [0.25, 0.3) is 11.3 Å². The Morgan fingerprint density at radius 3 is 2.58 bits per heavy atom. The highest BCUT2D eigenvalue weighted by Crippen LogP contribution is 2.25. The van der Waals surface area contributed by atoms with Gasteiger partial charge in [-0.1, -0.05) is 0 Å². The van der Waals surface area contributed by atoms with Gasteiger partial charge < -0.3 is 5.11 Å². The minimum atomic E-state index is -4.75. The fraction of sp³-hybridized carbons (Fsp3) is 0.333. The highest BCUT2D eigenvalue weighted by atomic mass is 19.4. The molecular weight excluding hydrogens is 269 g/mol. The van der Waals surface area contributed by atoms with Crippen LogP contribution in [0.4, 0.5) is 13.2 Å². The van der Waals surface area contributed by atoms with Crippen molar-refractivity contribution in [2.75, 3.05) is 0 Å². The number of rotatable bonds is 2. The SMILES string of the molecule is Cc1nc2nc(C(F)(F)F)[nH]n2c(=O)c1CC(=O)O. The summed E-state index contributed by atoms with van der Waals surface area (Å²) in [5, 5.41) is 10.4. The second kappa shape index (κ2) is 4.07. The van der Waals surface area contributed by atoms with Crippen molar-refractivity contribution in [3.05, 3.63) is 27.4 Å². The summed E-state index contributed by atoms with van der Waals surface area (Å²) < 4.78 is 37.8. The molecule has 0 saturated carbocycles. The number of aryl methyl sites for hydroxylation is 1. The lowest BCUT2D eigenvalue weighted by Crippen LogP contribution is -2.24. The minimum absolute atomic E-state index is 0.0348. The molecule has 2 rings (SSSR count). The molecule has 102 valence electrons. The summed E-state index contributed by atoms with van der Waals surface area (Å²) in [6.07, 6.45) is -5.37. The maximum atomic E-state index is 12.4. The molecule has 0 spiro atoms. The summed E-state index contributed by atoms with van der Waals surface area (Å²) in [5.41, 5.74) is -1.07. The number of nitrogens with zero attached hydrogens (tertiary/aromatic N) is 3. The number of carboxylic acids is 1. The number of aromatic nitrogens is 4. The molecule has 19 heavy (non-hydrogen) atoms. The normalized spacial score (nSPS) is 12.0. The third-order valence-electron chi connectivity index (χ3n) is 2.39. The Hall–Kier alpha value is -2.39. The lowest BCUT2D eigenvalue weighted by atomic mass is 10.2. The molecule has 0 fully saturated rings. The fourth-order valence-electron chi connectivity index (χ4n) is 1.54. The van der Waals surface area contributed by atoms with Crippen molar-refractivity contribution in [3.8, 4) is 0 Å². The number of fused-ring (bicyclic) bond motifs is 1. The number of hydrogen-bond donors (Lipinski definition) is 2. The molecule has 0 bridgehead atoms. The molecule has 0 aromatic carbocycles. The van der Waals surface area contributed by atoms with E-state index < -0.39 is 35.7 Å². The molecule has 0 atom stereocenters. The van der Waals surface area contributed by atoms with E-state index in [1.54, 1.807) is 5.10 Å². The van der Waals surface area contributed by atoms with Crippen LogP contribution in [0.2, 0.25) is 0 Å². The first-order valence-corrected chi connectivity index (χ1v) is 4.97. The van der Waals surface area contributed by atoms with Crippen LogP contribution >= 0.6 is 0 Å². The second-order valence-corrected chi connectivity index (χ2v) is 3.76. The van der Waals surface area contributed by atoms with Gasteiger partial charge in [0.2, 0.25) is 5.82 Å². The van der Waals surface area contributed by atoms with E-state index in [-0.39, 0.29) is 11.3 Å². The summed E-state index contributed by atoms with van der Waals surface area (Å²) >= 11 is 0. The number of aliphatic carboxylic acids is 1. The van der Waals surface area contributed by atoms with E-state index in [2.05, 4.69) is 9.97 Å². The van der Waals surface area contributed by atoms with E-state index in [0.29, 0.717) is 4.52 Å². The summed E-state index contributed by atoms with van der Waals surface area (Å²) in [6.45, 7) is 1.33. The van der Waals surface area contributed by atoms with Crippen molar-refractivity contribution in [2.24, 2.45) is 0 Å². The lowest BCUT2D eigenvalue weighted by Gasteiger charge is -2.01. The molecule has 0 amide bonds. The van der Waals surface area contributed by atoms with Crippen molar-refractivity contribution in [3.63, 3.8) is 0 Å². The molecule has 0 unspecified atom stereocenters. The van der Waals surface area contributed by atoms with Crippen molar-refractivity contribution in [1.29, 1.82) is 0 Å². The molecule has 2 aromatic rings. The van der Waals surface area contributed by atoms with Gasteiger partial charge in [-0.3, -0.25) is 14.7 Å². The van der Waals surface area contributed by atoms with E-state index >= 15 is 0 Å². The highest BCUT2D eigenvalue weighted by Gasteiger charge is 2.35. The molecule has 0 radical (unpaired) electrons. The Balaban J connectivity index is 2.71. The van der Waals surface area contributed by atoms with Crippen molar-refractivity contribution >= 4 is 11.7 Å². The molecule has 2 aromatic heterocycles. The molecule has 2 heterocycles. The molecular formula is C9H7F3N4O3. The zero-order valence-corrected chi connectivity index (χ0v) is 9.45. The van der Waals surface area contributed by atoms with Crippen molar-refractivity contribution in [1.82, 2.24) is 19.6 Å². The maximum absolute atomic E-state index is 12.4. The Labute approximate surface area is 102 Å². The second-order valence-electron chi connectivity index (χ2n) is 3.76. The molecule has 2 N–H and O–H groups in total. The first kappa shape index (κ1) is 13.1. The third-order valence-corrected chi connectivity index (χ3v) is 2.39. The maximum Gasteiger partial charge on any atom is 0.451 e. The highest BCUT2D eigenvalue weighted by molar-refractivity contribution is 5.70. The predicted octanol–water partition coefficient (Wildman–Crippen LogP) is 0.372. The average Bonchev–Trinajstić information content (AvgIpc) is 2.67. The van der Waals surface area contributed by atoms with Crippen LogP contribution in [0, 0.1) is 6.92 Å². The lowest BCUT2D eigenvalue weighted by molar-refractivity contribution is -0.144. The van der Waals surface area contributed by atoms with Gasteiger partial charge >= 0.3 is 12.1 Å². The molecule has 7 nitrogen and oxygen atoms in total. The fourth-order valence-corrected chi connectivity index (χ4v) is 1.54. The van der Waals surface area contributed by atoms with Crippen LogP contribution in [0.15, 0.2) is 4.79 Å². The predicted molar refractivity (Wildman–Crippen MR) is 54.7 cm³/mol. The Bertz CT molecular complexity index is 716. The summed E-state index contributed by atoms with van der Waals surface area (Å²) in [5.74, 6) is -3.11. The zero-order valence-electron chi connectivity index (χ0n) is 9.45. The first-order valence-electron chi connectivity index (χ1n) is 4.97. The van der Waals surface area contributed by atoms with E-state index in [4.69, 9.17) is 5.11 Å². The van der Waals surface area contributed by atoms with Crippen LogP contribution in [0.1, 0.15) is 17.1 Å². The number of carbonyl (C=O) groups is 1. The van der Waals surface area contributed by atoms with Crippen LogP contribution in [-0.2, 0) is 17.4 Å². The van der Waals surface area contributed by atoms with E-state index in [1.807, 2.05) is 0 Å². The topological polar surface area (TPSA) is 100 Å². The van der Waals surface area contributed by atoms with Crippen LogP contribution in [0.25, 0.3) is 5.78 Å². The zero-order chi connectivity index (χ0) is 14.4. The standard InChI is InChI=1S/C9H7F3N4O3/c1-3-4(2-5(17)18)6(19)16-8(13-3)14-7(15-16)9(10,11)12/h2H2,1H3,(H,17,18)(H,13,14,15). The van der Waals surface area contributed by atoms with Crippen LogP contribution in [-0.4, -0.2) is 30.7 Å². The summed E-state index contributed by atoms with van der Waals surface area (Å²) in [7, 11) is 0. The van der Waals surface area contributed by atoms with Gasteiger partial charge in [-0.2, -0.15) is 22.7 Å². The van der Waals surface area contributed by atoms with Crippen LogP contribution in [0.3, 0.4) is 0 Å². The number of alkyl halides is 3. The number of hydrogen-bond acceptors (Lipinski definition) is 4. The van der Waals surface area contributed by atoms with E-state index in [0.717, 1.165) is 0 Å². The molecule has 0 aliphatic carbocycles. The molecule has 10 heteroatoms. The van der Waals surface area contributed by atoms with Crippen molar-refractivity contribution < 1.29 is 23.1 Å². The minimum Gasteiger partial charge on any atom is -0.481 e. The summed E-state index contributed by atoms with van der Waals surface area (Å²) in [4.78, 5) is 29.3. The van der Waals surface area contributed by atoms with Gasteiger partial charge in [0.1, 0.15) is 0 Å². The van der Waals surface area contributed by atoms with E-state index in [9.17, 15) is 22.8 Å². The average molecular weight is 276 g/mol. The van der Waals surface area contributed by atoms with Crippen LogP contribution < -0.4 is 5.56 Å². The van der Waals surface area contributed by atoms with Gasteiger partial charge in [0.15, 0.2) is 0 Å². The Kier molecular flexibility index (Phi) is 2.80. The number of aromatic amines is 1.